The Morgan fingerprint density at radius 3 is 2.41 bits per heavy atom. The Morgan fingerprint density at radius 1 is 1.22 bits per heavy atom. The van der Waals surface area contributed by atoms with E-state index in [1.165, 1.54) is 38.1 Å². The van der Waals surface area contributed by atoms with Crippen molar-refractivity contribution in [2.45, 2.75) is 33.8 Å². The zero-order valence-electron chi connectivity index (χ0n) is 15.4. The molecule has 1 heterocycles. The van der Waals surface area contributed by atoms with Crippen LogP contribution in [0.25, 0.3) is 0 Å². The van der Waals surface area contributed by atoms with E-state index in [4.69, 9.17) is 9.47 Å². The standard InChI is InChI=1S/C19H20FNO5S/c1-5-25-19(24)15-10(2)16(11(3)22)27-18(15)21-17(23)12(4)26-14-8-6-13(20)7-9-14/h6-9,12H,5H2,1-4H3,(H,21,23)/t12-/m0/s1. The number of halogens is 1. The van der Waals surface area contributed by atoms with Gasteiger partial charge >= 0.3 is 5.97 Å². The fourth-order valence-electron chi connectivity index (χ4n) is 2.37. The molecule has 27 heavy (non-hydrogen) atoms. The molecule has 0 radical (unpaired) electrons. The van der Waals surface area contributed by atoms with Crippen molar-refractivity contribution >= 4 is 34.0 Å². The number of amides is 1. The van der Waals surface area contributed by atoms with Crippen molar-refractivity contribution in [3.8, 4) is 5.75 Å². The molecule has 0 spiro atoms. The summed E-state index contributed by atoms with van der Waals surface area (Å²) in [5.41, 5.74) is 0.628. The number of benzene rings is 1. The Balaban J connectivity index is 2.22. The predicted octanol–water partition coefficient (Wildman–Crippen LogP) is 3.98. The number of ether oxygens (including phenoxy) is 2. The molecule has 6 nitrogen and oxygen atoms in total. The molecule has 0 saturated carbocycles. The number of carbonyl (C=O) groups excluding carboxylic acids is 3. The summed E-state index contributed by atoms with van der Waals surface area (Å²) in [6.45, 7) is 6.38. The number of esters is 1. The van der Waals surface area contributed by atoms with E-state index in [-0.39, 0.29) is 23.0 Å². The van der Waals surface area contributed by atoms with Crippen molar-refractivity contribution in [1.82, 2.24) is 0 Å². The number of hydrogen-bond donors (Lipinski definition) is 1. The van der Waals surface area contributed by atoms with Crippen molar-refractivity contribution in [1.29, 1.82) is 0 Å². The summed E-state index contributed by atoms with van der Waals surface area (Å²) >= 11 is 1.01. The van der Waals surface area contributed by atoms with Crippen LogP contribution in [-0.2, 0) is 9.53 Å². The number of hydrogen-bond acceptors (Lipinski definition) is 6. The maximum Gasteiger partial charge on any atom is 0.341 e. The van der Waals surface area contributed by atoms with Gasteiger partial charge in [-0.3, -0.25) is 9.59 Å². The SMILES string of the molecule is CCOC(=O)c1c(NC(=O)[C@H](C)Oc2ccc(F)cc2)sc(C(C)=O)c1C. The number of nitrogens with one attached hydrogen (secondary N) is 1. The molecular formula is C19H20FNO5S. The highest BCUT2D eigenvalue weighted by Gasteiger charge is 2.26. The first-order valence-corrected chi connectivity index (χ1v) is 9.10. The molecule has 1 atom stereocenters. The molecule has 0 saturated heterocycles. The monoisotopic (exact) mass is 393 g/mol. The van der Waals surface area contributed by atoms with E-state index in [2.05, 4.69) is 5.32 Å². The zero-order chi connectivity index (χ0) is 20.1. The van der Waals surface area contributed by atoms with Crippen molar-refractivity contribution in [3.05, 3.63) is 46.1 Å². The normalized spacial score (nSPS) is 11.6. The highest BCUT2D eigenvalue weighted by Crippen LogP contribution is 2.34. The van der Waals surface area contributed by atoms with Crippen LogP contribution >= 0.6 is 11.3 Å². The first kappa shape index (κ1) is 20.6. The summed E-state index contributed by atoms with van der Waals surface area (Å²) in [6.07, 6.45) is -0.909. The Kier molecular flexibility index (Phi) is 6.68. The lowest BCUT2D eigenvalue weighted by Gasteiger charge is -2.14. The fraction of sp³-hybridized carbons (Fsp3) is 0.316. The van der Waals surface area contributed by atoms with Gasteiger partial charge in [-0.1, -0.05) is 0 Å². The first-order chi connectivity index (χ1) is 12.7. The average Bonchev–Trinajstić information content (AvgIpc) is 2.93. The molecule has 1 amide bonds. The molecule has 2 aromatic rings. The largest absolute Gasteiger partial charge is 0.481 e. The molecule has 8 heteroatoms. The summed E-state index contributed by atoms with van der Waals surface area (Å²) in [5, 5.41) is 2.86. The second-order valence-electron chi connectivity index (χ2n) is 5.74. The Bertz CT molecular complexity index is 860. The lowest BCUT2D eigenvalue weighted by molar-refractivity contribution is -0.122. The second-order valence-corrected chi connectivity index (χ2v) is 6.76. The summed E-state index contributed by atoms with van der Waals surface area (Å²) in [7, 11) is 0. The van der Waals surface area contributed by atoms with Gasteiger partial charge in [0, 0.05) is 0 Å². The smallest absolute Gasteiger partial charge is 0.341 e. The van der Waals surface area contributed by atoms with Gasteiger partial charge < -0.3 is 14.8 Å². The summed E-state index contributed by atoms with van der Waals surface area (Å²) in [6, 6.07) is 5.26. The van der Waals surface area contributed by atoms with Crippen molar-refractivity contribution in [2.75, 3.05) is 11.9 Å². The van der Waals surface area contributed by atoms with Crippen LogP contribution in [0.3, 0.4) is 0 Å². The minimum Gasteiger partial charge on any atom is -0.481 e. The first-order valence-electron chi connectivity index (χ1n) is 8.29. The Morgan fingerprint density at radius 2 is 1.85 bits per heavy atom. The van der Waals surface area contributed by atoms with Crippen LogP contribution in [-0.4, -0.2) is 30.4 Å². The number of thiophene rings is 1. The van der Waals surface area contributed by atoms with E-state index in [1.54, 1.807) is 13.8 Å². The van der Waals surface area contributed by atoms with Gasteiger partial charge in [-0.25, -0.2) is 9.18 Å². The van der Waals surface area contributed by atoms with E-state index in [0.29, 0.717) is 16.2 Å². The van der Waals surface area contributed by atoms with E-state index < -0.39 is 23.8 Å². The lowest BCUT2D eigenvalue weighted by atomic mass is 10.1. The number of ketones is 1. The fourth-order valence-corrected chi connectivity index (χ4v) is 3.46. The highest BCUT2D eigenvalue weighted by molar-refractivity contribution is 7.18. The van der Waals surface area contributed by atoms with Crippen LogP contribution < -0.4 is 10.1 Å². The second kappa shape index (κ2) is 8.77. The summed E-state index contributed by atoms with van der Waals surface area (Å²) < 4.78 is 23.5. The molecule has 1 aromatic carbocycles. The van der Waals surface area contributed by atoms with Crippen molar-refractivity contribution < 1.29 is 28.2 Å². The molecule has 144 valence electrons. The van der Waals surface area contributed by atoms with Crippen molar-refractivity contribution in [3.63, 3.8) is 0 Å². The van der Waals surface area contributed by atoms with Crippen LogP contribution in [0.1, 0.15) is 46.4 Å². The van der Waals surface area contributed by atoms with Gasteiger partial charge in [-0.2, -0.15) is 0 Å². The maximum atomic E-state index is 13.0. The van der Waals surface area contributed by atoms with E-state index in [1.807, 2.05) is 0 Å². The van der Waals surface area contributed by atoms with Crippen molar-refractivity contribution in [2.24, 2.45) is 0 Å². The van der Waals surface area contributed by atoms with Gasteiger partial charge in [0.05, 0.1) is 17.0 Å². The van der Waals surface area contributed by atoms with Gasteiger partial charge in [0.1, 0.15) is 16.6 Å². The summed E-state index contributed by atoms with van der Waals surface area (Å²) in [5.74, 6) is -1.41. The van der Waals surface area contributed by atoms with E-state index >= 15 is 0 Å². The number of carbonyl (C=O) groups is 3. The molecule has 0 unspecified atom stereocenters. The van der Waals surface area contributed by atoms with Gasteiger partial charge in [-0.15, -0.1) is 11.3 Å². The van der Waals surface area contributed by atoms with Gasteiger partial charge in [0.15, 0.2) is 11.9 Å². The predicted molar refractivity (Wildman–Crippen MR) is 100 cm³/mol. The van der Waals surface area contributed by atoms with Crippen LogP contribution in [0.5, 0.6) is 5.75 Å². The van der Waals surface area contributed by atoms with Gasteiger partial charge in [0.2, 0.25) is 0 Å². The van der Waals surface area contributed by atoms with Gasteiger partial charge in [-0.05, 0) is 57.5 Å². The topological polar surface area (TPSA) is 81.7 Å². The Hall–Kier alpha value is -2.74. The third kappa shape index (κ3) is 4.91. The quantitative estimate of drug-likeness (QED) is 0.568. The maximum absolute atomic E-state index is 13.0. The van der Waals surface area contributed by atoms with E-state index in [0.717, 1.165) is 11.3 Å². The number of rotatable bonds is 7. The van der Waals surface area contributed by atoms with Gasteiger partial charge in [0.25, 0.3) is 5.91 Å². The van der Waals surface area contributed by atoms with Crippen LogP contribution in [0.15, 0.2) is 24.3 Å². The molecular weight excluding hydrogens is 373 g/mol. The highest BCUT2D eigenvalue weighted by atomic mass is 32.1. The molecule has 0 aliphatic carbocycles. The molecule has 1 N–H and O–H groups in total. The molecule has 0 bridgehead atoms. The minimum atomic E-state index is -0.909. The molecule has 0 aliphatic heterocycles. The minimum absolute atomic E-state index is 0.161. The third-order valence-electron chi connectivity index (χ3n) is 3.68. The number of Topliss-reactive ketones (excluding diaryl/α,β-unsaturated/α-hetero) is 1. The molecule has 1 aromatic heterocycles. The number of anilines is 1. The zero-order valence-corrected chi connectivity index (χ0v) is 16.2. The average molecular weight is 393 g/mol. The van der Waals surface area contributed by atoms with Crippen LogP contribution in [0, 0.1) is 12.7 Å². The lowest BCUT2D eigenvalue weighted by Crippen LogP contribution is -2.30. The summed E-state index contributed by atoms with van der Waals surface area (Å²) in [4.78, 5) is 36.9. The molecule has 0 aliphatic rings. The van der Waals surface area contributed by atoms with Crippen LogP contribution in [0.2, 0.25) is 0 Å². The van der Waals surface area contributed by atoms with E-state index in [9.17, 15) is 18.8 Å². The third-order valence-corrected chi connectivity index (χ3v) is 4.99. The van der Waals surface area contributed by atoms with Crippen LogP contribution in [0.4, 0.5) is 9.39 Å². The molecule has 2 rings (SSSR count). The molecule has 0 fully saturated rings. The Labute approximate surface area is 160 Å².